The summed E-state index contributed by atoms with van der Waals surface area (Å²) in [6.07, 6.45) is 21.8. The molecule has 0 saturated heterocycles. The van der Waals surface area contributed by atoms with Gasteiger partial charge in [0.25, 0.3) is 0 Å². The van der Waals surface area contributed by atoms with Crippen LogP contribution in [0.1, 0.15) is 157 Å². The molecule has 0 bridgehead atoms. The fourth-order valence-electron chi connectivity index (χ4n) is 15.5. The highest BCUT2D eigenvalue weighted by atomic mass is 32.3. The van der Waals surface area contributed by atoms with E-state index < -0.39 is 10.4 Å². The van der Waals surface area contributed by atoms with Crippen molar-refractivity contribution >= 4 is 10.4 Å². The largest absolute Gasteiger partial charge is 0.400 e. The molecular formula is C40H66O4S. The summed E-state index contributed by atoms with van der Waals surface area (Å²) in [4.78, 5) is 0. The third-order valence-electron chi connectivity index (χ3n) is 18.7. The minimum Gasteiger partial charge on any atom is -0.245 e. The van der Waals surface area contributed by atoms with E-state index in [0.717, 1.165) is 85.9 Å². The van der Waals surface area contributed by atoms with Crippen molar-refractivity contribution in [1.82, 2.24) is 0 Å². The Morgan fingerprint density at radius 3 is 1.27 bits per heavy atom. The highest BCUT2D eigenvalue weighted by Crippen LogP contribution is 2.69. The van der Waals surface area contributed by atoms with Crippen molar-refractivity contribution in [3.63, 3.8) is 0 Å². The maximum absolute atomic E-state index is 13.4. The molecule has 0 aromatic rings. The second-order valence-corrected chi connectivity index (χ2v) is 21.0. The van der Waals surface area contributed by atoms with E-state index in [1.165, 1.54) is 77.0 Å². The van der Waals surface area contributed by atoms with Crippen molar-refractivity contribution in [2.75, 3.05) is 0 Å². The van der Waals surface area contributed by atoms with Crippen molar-refractivity contribution in [3.8, 4) is 0 Å². The zero-order chi connectivity index (χ0) is 31.6. The molecule has 8 rings (SSSR count). The lowest BCUT2D eigenvalue weighted by Crippen LogP contribution is -2.54. The smallest absolute Gasteiger partial charge is 0.245 e. The summed E-state index contributed by atoms with van der Waals surface area (Å²) in [6.45, 7) is 15.4. The first-order valence-corrected chi connectivity index (χ1v) is 21.2. The average molecular weight is 643 g/mol. The standard InChI is InChI=1S/C40H66O4S/c1-25-7-13-33-31-11-9-27-23-29(15-19-39(27,5)35(31)17-21-37(25,33)3)43-45(41,42)44-30-16-20-40(6)28(24-30)10-12-32-34-14-8-26(2)38(34,4)22-18-36(32)40/h25-36H,7-24H2,1-6H3/t25-,26-,27+,28+,29+,30+,31-,32-,33-,34-,35-,36-,37+,38+,39-,40-/m0/s1. The maximum Gasteiger partial charge on any atom is 0.400 e. The van der Waals surface area contributed by atoms with Gasteiger partial charge in [-0.25, -0.2) is 8.37 Å². The van der Waals surface area contributed by atoms with Crippen molar-refractivity contribution in [1.29, 1.82) is 0 Å². The normalized spacial score (nSPS) is 57.6. The van der Waals surface area contributed by atoms with Crippen molar-refractivity contribution in [2.24, 2.45) is 80.8 Å². The fraction of sp³-hybridized carbons (Fsp3) is 1.00. The monoisotopic (exact) mass is 642 g/mol. The lowest BCUT2D eigenvalue weighted by Gasteiger charge is -2.61. The Bertz CT molecular complexity index is 1160. The quantitative estimate of drug-likeness (QED) is 0.306. The molecule has 0 aromatic carbocycles. The van der Waals surface area contributed by atoms with Gasteiger partial charge in [0, 0.05) is 0 Å². The predicted molar refractivity (Wildman–Crippen MR) is 180 cm³/mol. The molecule has 0 amide bonds. The minimum absolute atomic E-state index is 0.209. The van der Waals surface area contributed by atoms with Gasteiger partial charge in [-0.1, -0.05) is 41.5 Å². The van der Waals surface area contributed by atoms with Gasteiger partial charge in [-0.15, -0.1) is 0 Å². The Balaban J connectivity index is 0.876. The molecule has 256 valence electrons. The summed E-state index contributed by atoms with van der Waals surface area (Å²) in [6, 6.07) is 0. The van der Waals surface area contributed by atoms with Crippen LogP contribution in [0.4, 0.5) is 0 Å². The summed E-state index contributed by atoms with van der Waals surface area (Å²) in [5.41, 5.74) is 1.80. The summed E-state index contributed by atoms with van der Waals surface area (Å²) >= 11 is 0. The Morgan fingerprint density at radius 2 is 0.844 bits per heavy atom. The van der Waals surface area contributed by atoms with Crippen LogP contribution in [0.25, 0.3) is 0 Å². The molecule has 8 fully saturated rings. The molecule has 4 nitrogen and oxygen atoms in total. The van der Waals surface area contributed by atoms with Gasteiger partial charge in [0.05, 0.1) is 12.2 Å². The minimum atomic E-state index is -3.99. The average Bonchev–Trinajstić information content (AvgIpc) is 3.47. The van der Waals surface area contributed by atoms with Gasteiger partial charge in [-0.3, -0.25) is 0 Å². The lowest BCUT2D eigenvalue weighted by molar-refractivity contribution is -0.127. The van der Waals surface area contributed by atoms with E-state index in [0.29, 0.717) is 33.5 Å². The van der Waals surface area contributed by atoms with Gasteiger partial charge in [0.1, 0.15) is 0 Å². The first-order chi connectivity index (χ1) is 21.3. The number of hydrogen-bond donors (Lipinski definition) is 0. The summed E-state index contributed by atoms with van der Waals surface area (Å²) in [5, 5.41) is 0. The molecule has 5 heteroatoms. The highest BCUT2D eigenvalue weighted by molar-refractivity contribution is 7.81. The number of fused-ring (bicyclic) bond motifs is 10. The Hall–Kier alpha value is -0.130. The maximum atomic E-state index is 13.4. The summed E-state index contributed by atoms with van der Waals surface area (Å²) in [7, 11) is -3.99. The Kier molecular flexibility index (Phi) is 7.80. The van der Waals surface area contributed by atoms with Gasteiger partial charge < -0.3 is 0 Å². The molecule has 0 radical (unpaired) electrons. The van der Waals surface area contributed by atoms with E-state index >= 15 is 0 Å². The van der Waals surface area contributed by atoms with E-state index in [1.807, 2.05) is 0 Å². The lowest BCUT2D eigenvalue weighted by atomic mass is 9.45. The number of rotatable bonds is 4. The SMILES string of the molecule is C[C@H]1CC[C@H]2[C@@H]3CC[C@@H]4C[C@H](OS(=O)(=O)O[C@@H]5CC[C@@]6(C)[C@H](CC[C@@H]7[C@@H]6CC[C@]6(C)[C@@H](C)CC[C@@H]76)C5)CC[C@]4(C)[C@H]3CC[C@]12C. The second-order valence-electron chi connectivity index (χ2n) is 19.8. The van der Waals surface area contributed by atoms with Crippen LogP contribution in [0.5, 0.6) is 0 Å². The van der Waals surface area contributed by atoms with Gasteiger partial charge in [-0.2, -0.15) is 8.42 Å². The van der Waals surface area contributed by atoms with E-state index in [2.05, 4.69) is 41.5 Å². The van der Waals surface area contributed by atoms with Crippen LogP contribution >= 0.6 is 0 Å². The van der Waals surface area contributed by atoms with Crippen LogP contribution in [0, 0.1) is 80.8 Å². The zero-order valence-electron chi connectivity index (χ0n) is 29.7. The van der Waals surface area contributed by atoms with Crippen molar-refractivity contribution < 1.29 is 16.8 Å². The molecule has 0 heterocycles. The van der Waals surface area contributed by atoms with E-state index in [-0.39, 0.29) is 12.2 Å². The van der Waals surface area contributed by atoms with Crippen LogP contribution < -0.4 is 0 Å². The van der Waals surface area contributed by atoms with Crippen molar-refractivity contribution in [2.45, 2.75) is 169 Å². The van der Waals surface area contributed by atoms with Gasteiger partial charge in [0.2, 0.25) is 0 Å². The Labute approximate surface area is 276 Å². The van der Waals surface area contributed by atoms with E-state index in [9.17, 15) is 8.42 Å². The van der Waals surface area contributed by atoms with Gasteiger partial charge in [-0.05, 0) is 196 Å². The molecule has 16 atom stereocenters. The molecule has 8 aliphatic carbocycles. The first kappa shape index (κ1) is 32.1. The molecule has 0 spiro atoms. The van der Waals surface area contributed by atoms with E-state index in [1.54, 1.807) is 0 Å². The van der Waals surface area contributed by atoms with E-state index in [4.69, 9.17) is 8.37 Å². The van der Waals surface area contributed by atoms with Crippen LogP contribution in [0.15, 0.2) is 0 Å². The second kappa shape index (κ2) is 10.9. The predicted octanol–water partition coefficient (Wildman–Crippen LogP) is 10.4. The number of hydrogen-bond acceptors (Lipinski definition) is 4. The Morgan fingerprint density at radius 1 is 0.467 bits per heavy atom. The summed E-state index contributed by atoms with van der Waals surface area (Å²) < 4.78 is 38.8. The third kappa shape index (κ3) is 4.85. The van der Waals surface area contributed by atoms with Crippen LogP contribution in [-0.2, 0) is 18.8 Å². The third-order valence-corrected chi connectivity index (χ3v) is 19.7. The molecular weight excluding hydrogens is 577 g/mol. The topological polar surface area (TPSA) is 52.6 Å². The molecule has 8 saturated carbocycles. The fourth-order valence-corrected chi connectivity index (χ4v) is 16.6. The zero-order valence-corrected chi connectivity index (χ0v) is 30.5. The molecule has 8 aliphatic rings. The van der Waals surface area contributed by atoms with Crippen molar-refractivity contribution in [3.05, 3.63) is 0 Å². The van der Waals surface area contributed by atoms with Gasteiger partial charge in [0.15, 0.2) is 0 Å². The van der Waals surface area contributed by atoms with Crippen LogP contribution in [0.3, 0.4) is 0 Å². The molecule has 0 unspecified atom stereocenters. The van der Waals surface area contributed by atoms with Crippen LogP contribution in [0.2, 0.25) is 0 Å². The van der Waals surface area contributed by atoms with Gasteiger partial charge >= 0.3 is 10.4 Å². The first-order valence-electron chi connectivity index (χ1n) is 19.9. The molecule has 0 aliphatic heterocycles. The highest BCUT2D eigenvalue weighted by Gasteiger charge is 2.61. The summed E-state index contributed by atoms with van der Waals surface area (Å²) in [5.74, 6) is 8.12. The molecule has 0 aromatic heterocycles. The molecule has 0 N–H and O–H groups in total. The molecule has 45 heavy (non-hydrogen) atoms. The van der Waals surface area contributed by atoms with Crippen LogP contribution in [-0.4, -0.2) is 20.6 Å².